The minimum absolute atomic E-state index is 0.00921. The van der Waals surface area contributed by atoms with Crippen LogP contribution in [0.15, 0.2) is 0 Å². The summed E-state index contributed by atoms with van der Waals surface area (Å²) in [7, 11) is -1.80. The Labute approximate surface area is 113 Å². The quantitative estimate of drug-likeness (QED) is 0.517. The molecule has 0 aromatic rings. The average molecular weight is 274 g/mol. The molecular weight excluding hydrogens is 244 g/mol. The lowest BCUT2D eigenvalue weighted by molar-refractivity contribution is -0.145. The molecule has 0 aliphatic rings. The number of rotatable bonds is 7. The lowest BCUT2D eigenvalue weighted by Crippen LogP contribution is -2.44. The highest BCUT2D eigenvalue weighted by atomic mass is 28.4. The molecule has 0 aliphatic heterocycles. The SMILES string of the molecule is CCC[C@@H](CC(=O)OCC)O[Si](C)(C)C(C)(C)C. The van der Waals surface area contributed by atoms with Crippen LogP contribution in [0.3, 0.4) is 0 Å². The van der Waals surface area contributed by atoms with Crippen molar-refractivity contribution in [3.63, 3.8) is 0 Å². The molecule has 108 valence electrons. The molecule has 0 aromatic heterocycles. The van der Waals surface area contributed by atoms with Crippen molar-refractivity contribution in [3.05, 3.63) is 0 Å². The third kappa shape index (κ3) is 6.00. The maximum Gasteiger partial charge on any atom is 0.308 e. The summed E-state index contributed by atoms with van der Waals surface area (Å²) in [5, 5.41) is 0.174. The van der Waals surface area contributed by atoms with Crippen molar-refractivity contribution in [2.45, 2.75) is 78.1 Å². The van der Waals surface area contributed by atoms with E-state index in [-0.39, 0.29) is 17.1 Å². The van der Waals surface area contributed by atoms with Gasteiger partial charge in [0.2, 0.25) is 0 Å². The molecule has 0 bridgehead atoms. The van der Waals surface area contributed by atoms with Gasteiger partial charge >= 0.3 is 5.97 Å². The summed E-state index contributed by atoms with van der Waals surface area (Å²) in [6.07, 6.45) is 2.34. The zero-order valence-electron chi connectivity index (χ0n) is 13.1. The third-order valence-electron chi connectivity index (χ3n) is 3.58. The summed E-state index contributed by atoms with van der Waals surface area (Å²) >= 11 is 0. The second kappa shape index (κ2) is 7.29. The normalized spacial score (nSPS) is 14.4. The van der Waals surface area contributed by atoms with Crippen molar-refractivity contribution in [1.82, 2.24) is 0 Å². The topological polar surface area (TPSA) is 35.5 Å². The molecule has 0 saturated carbocycles. The van der Waals surface area contributed by atoms with E-state index in [0.717, 1.165) is 12.8 Å². The average Bonchev–Trinajstić information content (AvgIpc) is 2.15. The molecule has 0 unspecified atom stereocenters. The molecule has 0 spiro atoms. The van der Waals surface area contributed by atoms with E-state index in [9.17, 15) is 4.79 Å². The summed E-state index contributed by atoms with van der Waals surface area (Å²) in [4.78, 5) is 11.6. The highest BCUT2D eigenvalue weighted by Crippen LogP contribution is 2.38. The summed E-state index contributed by atoms with van der Waals surface area (Å²) in [5.74, 6) is -0.144. The van der Waals surface area contributed by atoms with Gasteiger partial charge in [0.25, 0.3) is 0 Å². The number of hydrogen-bond donors (Lipinski definition) is 0. The van der Waals surface area contributed by atoms with E-state index in [1.54, 1.807) is 0 Å². The first kappa shape index (κ1) is 17.6. The van der Waals surface area contributed by atoms with E-state index in [0.29, 0.717) is 13.0 Å². The summed E-state index contributed by atoms with van der Waals surface area (Å²) in [6, 6.07) is 0. The van der Waals surface area contributed by atoms with Crippen molar-refractivity contribution in [2.24, 2.45) is 0 Å². The van der Waals surface area contributed by atoms with Crippen molar-refractivity contribution < 1.29 is 14.0 Å². The van der Waals surface area contributed by atoms with Gasteiger partial charge < -0.3 is 9.16 Å². The van der Waals surface area contributed by atoms with Crippen LogP contribution in [-0.4, -0.2) is 27.0 Å². The minimum Gasteiger partial charge on any atom is -0.466 e. The number of hydrogen-bond acceptors (Lipinski definition) is 3. The van der Waals surface area contributed by atoms with Gasteiger partial charge in [0, 0.05) is 0 Å². The van der Waals surface area contributed by atoms with E-state index < -0.39 is 8.32 Å². The number of carbonyl (C=O) groups excluding carboxylic acids is 1. The monoisotopic (exact) mass is 274 g/mol. The first-order valence-corrected chi connectivity index (χ1v) is 9.88. The number of carbonyl (C=O) groups is 1. The molecular formula is C14H30O3Si. The standard InChI is InChI=1S/C14H30O3Si/c1-8-10-12(11-13(15)16-9-2)17-18(6,7)14(3,4)5/h12H,8-11H2,1-7H3/t12-/m0/s1. The maximum absolute atomic E-state index is 11.6. The molecule has 0 aromatic carbocycles. The Balaban J connectivity index is 4.57. The predicted molar refractivity (Wildman–Crippen MR) is 78.2 cm³/mol. The predicted octanol–water partition coefficient (Wildman–Crippen LogP) is 4.13. The van der Waals surface area contributed by atoms with Gasteiger partial charge in [-0.1, -0.05) is 34.1 Å². The zero-order valence-corrected chi connectivity index (χ0v) is 14.1. The lowest BCUT2D eigenvalue weighted by atomic mass is 10.1. The second-order valence-electron chi connectivity index (χ2n) is 6.30. The fourth-order valence-corrected chi connectivity index (χ4v) is 2.91. The van der Waals surface area contributed by atoms with E-state index in [1.165, 1.54) is 0 Å². The van der Waals surface area contributed by atoms with Crippen LogP contribution in [0.4, 0.5) is 0 Å². The largest absolute Gasteiger partial charge is 0.466 e. The smallest absolute Gasteiger partial charge is 0.308 e. The molecule has 0 rings (SSSR count). The fourth-order valence-electron chi connectivity index (χ4n) is 1.52. The highest BCUT2D eigenvalue weighted by Gasteiger charge is 2.39. The molecule has 18 heavy (non-hydrogen) atoms. The van der Waals surface area contributed by atoms with Crippen molar-refractivity contribution in [2.75, 3.05) is 6.61 Å². The maximum atomic E-state index is 11.6. The van der Waals surface area contributed by atoms with Gasteiger partial charge in [-0.25, -0.2) is 0 Å². The van der Waals surface area contributed by atoms with Crippen LogP contribution >= 0.6 is 0 Å². The molecule has 0 saturated heterocycles. The van der Waals surface area contributed by atoms with Gasteiger partial charge in [-0.05, 0) is 31.5 Å². The molecule has 0 heterocycles. The zero-order chi connectivity index (χ0) is 14.4. The Morgan fingerprint density at radius 3 is 2.17 bits per heavy atom. The van der Waals surface area contributed by atoms with Crippen LogP contribution in [0.2, 0.25) is 18.1 Å². The van der Waals surface area contributed by atoms with Crippen LogP contribution in [0.1, 0.15) is 53.9 Å². The van der Waals surface area contributed by atoms with E-state index in [4.69, 9.17) is 9.16 Å². The van der Waals surface area contributed by atoms with Crippen molar-refractivity contribution in [1.29, 1.82) is 0 Å². The van der Waals surface area contributed by atoms with Gasteiger partial charge in [-0.2, -0.15) is 0 Å². The molecule has 4 heteroatoms. The summed E-state index contributed by atoms with van der Waals surface area (Å²) < 4.78 is 11.3. The summed E-state index contributed by atoms with van der Waals surface area (Å²) in [5.41, 5.74) is 0. The molecule has 3 nitrogen and oxygen atoms in total. The Hall–Kier alpha value is -0.353. The van der Waals surface area contributed by atoms with E-state index in [2.05, 4.69) is 40.8 Å². The Morgan fingerprint density at radius 2 is 1.78 bits per heavy atom. The molecule has 0 amide bonds. The minimum atomic E-state index is -1.80. The first-order chi connectivity index (χ1) is 8.14. The number of ether oxygens (including phenoxy) is 1. The van der Waals surface area contributed by atoms with E-state index in [1.807, 2.05) is 6.92 Å². The van der Waals surface area contributed by atoms with Crippen LogP contribution in [0.25, 0.3) is 0 Å². The fraction of sp³-hybridized carbons (Fsp3) is 0.929. The summed E-state index contributed by atoms with van der Waals surface area (Å²) in [6.45, 7) is 15.5. The Bertz CT molecular complexity index is 256. The van der Waals surface area contributed by atoms with Gasteiger partial charge in [-0.15, -0.1) is 0 Å². The van der Waals surface area contributed by atoms with Crippen LogP contribution in [-0.2, 0) is 14.0 Å². The molecule has 0 fully saturated rings. The van der Waals surface area contributed by atoms with Crippen molar-refractivity contribution in [3.8, 4) is 0 Å². The Kier molecular flexibility index (Phi) is 7.15. The lowest BCUT2D eigenvalue weighted by Gasteiger charge is -2.39. The van der Waals surface area contributed by atoms with Gasteiger partial charge in [-0.3, -0.25) is 4.79 Å². The molecule has 0 N–H and O–H groups in total. The molecule has 0 radical (unpaired) electrons. The van der Waals surface area contributed by atoms with Gasteiger partial charge in [0.15, 0.2) is 8.32 Å². The Morgan fingerprint density at radius 1 is 1.22 bits per heavy atom. The second-order valence-corrected chi connectivity index (χ2v) is 11.1. The number of esters is 1. The molecule has 1 atom stereocenters. The highest BCUT2D eigenvalue weighted by molar-refractivity contribution is 6.74. The van der Waals surface area contributed by atoms with Crippen LogP contribution in [0, 0.1) is 0 Å². The van der Waals surface area contributed by atoms with E-state index >= 15 is 0 Å². The van der Waals surface area contributed by atoms with Crippen LogP contribution in [0.5, 0.6) is 0 Å². The first-order valence-electron chi connectivity index (χ1n) is 6.97. The van der Waals surface area contributed by atoms with Crippen LogP contribution < -0.4 is 0 Å². The van der Waals surface area contributed by atoms with Gasteiger partial charge in [0.05, 0.1) is 19.1 Å². The molecule has 0 aliphatic carbocycles. The van der Waals surface area contributed by atoms with Crippen molar-refractivity contribution >= 4 is 14.3 Å². The third-order valence-corrected chi connectivity index (χ3v) is 8.11. The van der Waals surface area contributed by atoms with Gasteiger partial charge in [0.1, 0.15) is 0 Å².